The number of hydrogen-bond donors (Lipinski definition) is 2. The van der Waals surface area contributed by atoms with E-state index >= 15 is 0 Å². The fraction of sp³-hybridized carbons (Fsp3) is 0.0500. The van der Waals surface area contributed by atoms with Crippen LogP contribution in [0.1, 0.15) is 16.2 Å². The lowest BCUT2D eigenvalue weighted by Crippen LogP contribution is -2.21. The predicted molar refractivity (Wildman–Crippen MR) is 104 cm³/mol. The Morgan fingerprint density at radius 1 is 1.03 bits per heavy atom. The van der Waals surface area contributed by atoms with Crippen molar-refractivity contribution in [1.29, 1.82) is 0 Å². The minimum atomic E-state index is -4.68. The molecule has 4 rings (SSSR count). The number of benzene rings is 1. The van der Waals surface area contributed by atoms with Crippen LogP contribution < -0.4 is 5.32 Å². The fourth-order valence-electron chi connectivity index (χ4n) is 2.98. The van der Waals surface area contributed by atoms with Crippen molar-refractivity contribution in [3.8, 4) is 11.1 Å². The van der Waals surface area contributed by atoms with Crippen LogP contribution in [-0.4, -0.2) is 36.9 Å². The molecule has 3 heterocycles. The van der Waals surface area contributed by atoms with Gasteiger partial charge in [0.1, 0.15) is 5.69 Å². The van der Waals surface area contributed by atoms with Crippen LogP contribution in [0.25, 0.3) is 22.0 Å². The van der Waals surface area contributed by atoms with Gasteiger partial charge in [-0.1, -0.05) is 12.1 Å². The van der Waals surface area contributed by atoms with Gasteiger partial charge in [-0.3, -0.25) is 9.97 Å². The number of carbonyl (C=O) groups excluding carboxylic acids is 1. The number of rotatable bonds is 3. The molecule has 0 fully saturated rings. The molecule has 4 aromatic rings. The summed E-state index contributed by atoms with van der Waals surface area (Å²) in [5.74, 6) is -1.36. The van der Waals surface area contributed by atoms with Crippen molar-refractivity contribution < 1.29 is 27.9 Å². The Labute approximate surface area is 172 Å². The van der Waals surface area contributed by atoms with E-state index in [-0.39, 0.29) is 22.3 Å². The molecule has 0 spiro atoms. The Morgan fingerprint density at radius 3 is 2.52 bits per heavy atom. The predicted octanol–water partition coefficient (Wildman–Crippen LogP) is 4.29. The number of nitrogens with one attached hydrogen (secondary N) is 1. The maximum Gasteiger partial charge on any atom is 0.433 e. The van der Waals surface area contributed by atoms with Gasteiger partial charge in [0.2, 0.25) is 0 Å². The summed E-state index contributed by atoms with van der Waals surface area (Å²) in [4.78, 5) is 31.6. The molecule has 156 valence electrons. The summed E-state index contributed by atoms with van der Waals surface area (Å²) in [6.45, 7) is 0. The molecule has 0 radical (unpaired) electrons. The van der Waals surface area contributed by atoms with Crippen molar-refractivity contribution in [2.45, 2.75) is 6.18 Å². The van der Waals surface area contributed by atoms with Crippen molar-refractivity contribution in [3.05, 3.63) is 72.4 Å². The number of alkyl halides is 3. The number of halogens is 3. The number of hydrogen-bond acceptors (Lipinski definition) is 5. The zero-order valence-electron chi connectivity index (χ0n) is 15.5. The van der Waals surface area contributed by atoms with Crippen molar-refractivity contribution >= 4 is 28.6 Å². The normalized spacial score (nSPS) is 11.5. The average Bonchev–Trinajstić information content (AvgIpc) is 3.13. The second-order valence-electron chi connectivity index (χ2n) is 6.40. The first-order valence-electron chi connectivity index (χ1n) is 8.75. The number of carboxylic acid groups (broad SMARTS) is 1. The Hall–Kier alpha value is -4.28. The van der Waals surface area contributed by atoms with E-state index in [2.05, 4.69) is 20.4 Å². The lowest BCUT2D eigenvalue weighted by Gasteiger charge is -2.09. The van der Waals surface area contributed by atoms with Gasteiger partial charge in [-0.25, -0.2) is 9.59 Å². The summed E-state index contributed by atoms with van der Waals surface area (Å²) in [6.07, 6.45) is -0.586. The van der Waals surface area contributed by atoms with Crippen molar-refractivity contribution in [2.75, 3.05) is 5.32 Å². The second kappa shape index (κ2) is 7.52. The summed E-state index contributed by atoms with van der Waals surface area (Å²) in [6, 6.07) is 9.15. The summed E-state index contributed by atoms with van der Waals surface area (Å²) in [5.41, 5.74) is -0.154. The van der Waals surface area contributed by atoms with Crippen LogP contribution in [0, 0.1) is 0 Å². The highest BCUT2D eigenvalue weighted by Crippen LogP contribution is 2.29. The second-order valence-corrected chi connectivity index (χ2v) is 6.40. The molecule has 0 aliphatic rings. The van der Waals surface area contributed by atoms with Gasteiger partial charge < -0.3 is 10.4 Å². The first-order valence-corrected chi connectivity index (χ1v) is 8.75. The van der Waals surface area contributed by atoms with Gasteiger partial charge >= 0.3 is 18.2 Å². The summed E-state index contributed by atoms with van der Waals surface area (Å²) in [5, 5.41) is 15.8. The standard InChI is InChI=1S/C20H12F3N5O3/c21-20(22,23)16-9-13(5-7-25-16)26-19(31)28-15-4-3-11(12-2-1-6-24-10-12)8-14(15)17(27-28)18(29)30/h1-10H,(H,29,30)(H,25,26,31). The van der Waals surface area contributed by atoms with E-state index in [0.29, 0.717) is 11.6 Å². The molecular formula is C20H12F3N5O3. The average molecular weight is 427 g/mol. The number of anilines is 1. The highest BCUT2D eigenvalue weighted by atomic mass is 19.4. The number of carbonyl (C=O) groups is 2. The molecule has 31 heavy (non-hydrogen) atoms. The van der Waals surface area contributed by atoms with Gasteiger partial charge in [0.25, 0.3) is 0 Å². The van der Waals surface area contributed by atoms with Gasteiger partial charge in [0.15, 0.2) is 5.69 Å². The van der Waals surface area contributed by atoms with E-state index in [4.69, 9.17) is 0 Å². The van der Waals surface area contributed by atoms with Gasteiger partial charge in [0.05, 0.1) is 5.52 Å². The van der Waals surface area contributed by atoms with Gasteiger partial charge in [-0.2, -0.15) is 23.0 Å². The molecule has 1 amide bonds. The SMILES string of the molecule is O=C(O)c1nn(C(=O)Nc2ccnc(C(F)(F)F)c2)c2ccc(-c3cccnc3)cc12. The maximum absolute atomic E-state index is 12.8. The first-order chi connectivity index (χ1) is 14.7. The number of carboxylic acids is 1. The number of aromatic carboxylic acids is 1. The Kier molecular flexibility index (Phi) is 4.85. The number of aromatic nitrogens is 4. The summed E-state index contributed by atoms with van der Waals surface area (Å²) >= 11 is 0. The van der Waals surface area contributed by atoms with Crippen LogP contribution in [0.15, 0.2) is 61.1 Å². The highest BCUT2D eigenvalue weighted by Gasteiger charge is 2.32. The Bertz CT molecular complexity index is 1300. The topological polar surface area (TPSA) is 110 Å². The quantitative estimate of drug-likeness (QED) is 0.505. The molecular weight excluding hydrogens is 415 g/mol. The minimum Gasteiger partial charge on any atom is -0.476 e. The molecule has 0 unspecified atom stereocenters. The number of nitrogens with zero attached hydrogens (tertiary/aromatic N) is 4. The van der Waals surface area contributed by atoms with Crippen LogP contribution in [0.3, 0.4) is 0 Å². The van der Waals surface area contributed by atoms with E-state index in [1.165, 1.54) is 12.1 Å². The van der Waals surface area contributed by atoms with Crippen molar-refractivity contribution in [1.82, 2.24) is 19.7 Å². The van der Waals surface area contributed by atoms with Crippen molar-refractivity contribution in [3.63, 3.8) is 0 Å². The third kappa shape index (κ3) is 3.92. The zero-order chi connectivity index (χ0) is 22.2. The first kappa shape index (κ1) is 20.0. The maximum atomic E-state index is 12.8. The molecule has 0 bridgehead atoms. The molecule has 2 N–H and O–H groups in total. The molecule has 3 aromatic heterocycles. The zero-order valence-corrected chi connectivity index (χ0v) is 15.5. The van der Waals surface area contributed by atoms with Gasteiger partial charge in [-0.15, -0.1) is 0 Å². The molecule has 0 saturated heterocycles. The monoisotopic (exact) mass is 427 g/mol. The van der Waals surface area contributed by atoms with Crippen LogP contribution in [-0.2, 0) is 6.18 Å². The van der Waals surface area contributed by atoms with Crippen LogP contribution in [0.2, 0.25) is 0 Å². The number of amides is 1. The molecule has 0 aliphatic carbocycles. The summed E-state index contributed by atoms with van der Waals surface area (Å²) in [7, 11) is 0. The number of fused-ring (bicyclic) bond motifs is 1. The smallest absolute Gasteiger partial charge is 0.433 e. The third-order valence-electron chi connectivity index (χ3n) is 4.37. The molecule has 11 heteroatoms. The summed E-state index contributed by atoms with van der Waals surface area (Å²) < 4.78 is 39.3. The minimum absolute atomic E-state index is 0.167. The highest BCUT2D eigenvalue weighted by molar-refractivity contribution is 6.06. The fourth-order valence-corrected chi connectivity index (χ4v) is 2.98. The lowest BCUT2D eigenvalue weighted by atomic mass is 10.0. The van der Waals surface area contributed by atoms with E-state index in [1.54, 1.807) is 36.7 Å². The van der Waals surface area contributed by atoms with E-state index in [1.807, 2.05) is 0 Å². The van der Waals surface area contributed by atoms with Crippen LogP contribution in [0.4, 0.5) is 23.7 Å². The number of pyridine rings is 2. The molecule has 8 nitrogen and oxygen atoms in total. The lowest BCUT2D eigenvalue weighted by molar-refractivity contribution is -0.141. The van der Waals surface area contributed by atoms with Crippen LogP contribution in [0.5, 0.6) is 0 Å². The van der Waals surface area contributed by atoms with E-state index in [0.717, 1.165) is 16.4 Å². The Balaban J connectivity index is 1.74. The molecule has 0 saturated carbocycles. The molecule has 1 aromatic carbocycles. The van der Waals surface area contributed by atoms with Gasteiger partial charge in [-0.05, 0) is 35.9 Å². The van der Waals surface area contributed by atoms with Crippen molar-refractivity contribution in [2.24, 2.45) is 0 Å². The van der Waals surface area contributed by atoms with E-state index < -0.39 is 23.9 Å². The molecule has 0 atom stereocenters. The largest absolute Gasteiger partial charge is 0.476 e. The third-order valence-corrected chi connectivity index (χ3v) is 4.37. The van der Waals surface area contributed by atoms with E-state index in [9.17, 15) is 27.9 Å². The van der Waals surface area contributed by atoms with Crippen LogP contribution >= 0.6 is 0 Å². The Morgan fingerprint density at radius 2 is 1.84 bits per heavy atom. The molecule has 0 aliphatic heterocycles. The van der Waals surface area contributed by atoms with Gasteiger partial charge in [0, 0.05) is 35.2 Å².